The second kappa shape index (κ2) is 6.83. The third kappa shape index (κ3) is 4.44. The minimum absolute atomic E-state index is 0.472. The summed E-state index contributed by atoms with van der Waals surface area (Å²) in [6.45, 7) is 3.27. The minimum Gasteiger partial charge on any atom is -0.493 e. The van der Waals surface area contributed by atoms with Gasteiger partial charge in [0, 0.05) is 18.1 Å². The van der Waals surface area contributed by atoms with Crippen LogP contribution in [-0.2, 0) is 6.54 Å². The van der Waals surface area contributed by atoms with Gasteiger partial charge in [0.1, 0.15) is 6.61 Å². The lowest BCUT2D eigenvalue weighted by Gasteiger charge is -2.12. The quantitative estimate of drug-likeness (QED) is 0.830. The van der Waals surface area contributed by atoms with Crippen molar-refractivity contribution in [2.45, 2.75) is 32.4 Å². The highest BCUT2D eigenvalue weighted by Crippen LogP contribution is 2.29. The molecule has 1 aromatic rings. The Morgan fingerprint density at radius 3 is 2.84 bits per heavy atom. The molecule has 0 heterocycles. The molecule has 1 fully saturated rings. The first-order chi connectivity index (χ1) is 9.22. The van der Waals surface area contributed by atoms with Gasteiger partial charge in [0.05, 0.1) is 7.11 Å². The van der Waals surface area contributed by atoms with E-state index in [1.165, 1.54) is 23.9 Å². The van der Waals surface area contributed by atoms with E-state index in [1.54, 1.807) is 7.11 Å². The third-order valence-electron chi connectivity index (χ3n) is 3.04. The Kier molecular flexibility index (Phi) is 5.11. The molecule has 0 atom stereocenters. The second-order valence-corrected chi connectivity index (χ2v) is 5.10. The van der Waals surface area contributed by atoms with Gasteiger partial charge in [-0.2, -0.15) is 0 Å². The average molecular weight is 282 g/mol. The highest BCUT2D eigenvalue weighted by Gasteiger charge is 2.20. The fraction of sp³-hybridized carbons (Fsp3) is 0.467. The first-order valence-electron chi connectivity index (χ1n) is 6.52. The van der Waals surface area contributed by atoms with Crippen LogP contribution < -0.4 is 14.8 Å². The van der Waals surface area contributed by atoms with Gasteiger partial charge < -0.3 is 14.8 Å². The van der Waals surface area contributed by atoms with E-state index in [-0.39, 0.29) is 0 Å². The van der Waals surface area contributed by atoms with E-state index < -0.39 is 0 Å². The summed E-state index contributed by atoms with van der Waals surface area (Å²) < 4.78 is 11.0. The predicted octanol–water partition coefficient (Wildman–Crippen LogP) is 3.47. The molecule has 0 aliphatic heterocycles. The zero-order chi connectivity index (χ0) is 13.7. The summed E-state index contributed by atoms with van der Waals surface area (Å²) in [7, 11) is 1.65. The molecular formula is C15H20ClNO2. The van der Waals surface area contributed by atoms with Crippen LogP contribution in [0.25, 0.3) is 0 Å². The van der Waals surface area contributed by atoms with Crippen molar-refractivity contribution >= 4 is 11.6 Å². The van der Waals surface area contributed by atoms with Crippen LogP contribution in [0.2, 0.25) is 0 Å². The van der Waals surface area contributed by atoms with Gasteiger partial charge in [0.25, 0.3) is 0 Å². The van der Waals surface area contributed by atoms with Crippen molar-refractivity contribution in [2.75, 3.05) is 13.7 Å². The summed E-state index contributed by atoms with van der Waals surface area (Å²) in [5.41, 5.74) is 3.71. The molecule has 3 nitrogen and oxygen atoms in total. The van der Waals surface area contributed by atoms with E-state index in [4.69, 9.17) is 21.1 Å². The van der Waals surface area contributed by atoms with Crippen LogP contribution in [0.3, 0.4) is 0 Å². The van der Waals surface area contributed by atoms with Gasteiger partial charge in [-0.25, -0.2) is 0 Å². The van der Waals surface area contributed by atoms with Gasteiger partial charge in [0.2, 0.25) is 0 Å². The monoisotopic (exact) mass is 281 g/mol. The van der Waals surface area contributed by atoms with Crippen molar-refractivity contribution in [3.05, 3.63) is 34.9 Å². The number of ether oxygens (including phenoxy) is 2. The van der Waals surface area contributed by atoms with Crippen LogP contribution >= 0.6 is 11.6 Å². The molecule has 0 spiro atoms. The number of rotatable bonds is 7. The first kappa shape index (κ1) is 14.2. The van der Waals surface area contributed by atoms with E-state index in [0.717, 1.165) is 23.6 Å². The molecule has 4 heteroatoms. The van der Waals surface area contributed by atoms with Crippen LogP contribution in [0.15, 0.2) is 29.3 Å². The highest BCUT2D eigenvalue weighted by atomic mass is 35.5. The summed E-state index contributed by atoms with van der Waals surface area (Å²) in [5, 5.41) is 3.48. The average Bonchev–Trinajstić information content (AvgIpc) is 3.26. The summed E-state index contributed by atoms with van der Waals surface area (Å²) in [5.74, 6) is 1.51. The van der Waals surface area contributed by atoms with Gasteiger partial charge in [-0.3, -0.25) is 0 Å². The van der Waals surface area contributed by atoms with Gasteiger partial charge in [-0.05, 0) is 43.0 Å². The Morgan fingerprint density at radius 2 is 2.21 bits per heavy atom. The number of halogens is 1. The molecule has 1 aliphatic carbocycles. The van der Waals surface area contributed by atoms with E-state index in [1.807, 2.05) is 19.1 Å². The van der Waals surface area contributed by atoms with Gasteiger partial charge >= 0.3 is 0 Å². The molecule has 1 aliphatic rings. The third-order valence-corrected chi connectivity index (χ3v) is 3.41. The van der Waals surface area contributed by atoms with Crippen molar-refractivity contribution in [2.24, 2.45) is 0 Å². The smallest absolute Gasteiger partial charge is 0.161 e. The molecule has 1 N–H and O–H groups in total. The zero-order valence-electron chi connectivity index (χ0n) is 11.4. The lowest BCUT2D eigenvalue weighted by Crippen LogP contribution is -2.15. The largest absolute Gasteiger partial charge is 0.493 e. The number of methoxy groups -OCH3 is 1. The number of hydrogen-bond donors (Lipinski definition) is 1. The van der Waals surface area contributed by atoms with E-state index >= 15 is 0 Å². The Hall–Kier alpha value is -1.19. The second-order valence-electron chi connectivity index (χ2n) is 4.88. The fourth-order valence-corrected chi connectivity index (χ4v) is 1.78. The lowest BCUT2D eigenvalue weighted by atomic mass is 10.2. The lowest BCUT2D eigenvalue weighted by molar-refractivity contribution is 0.319. The molecular weight excluding hydrogens is 262 g/mol. The van der Waals surface area contributed by atoms with Gasteiger partial charge in [-0.1, -0.05) is 17.7 Å². The van der Waals surface area contributed by atoms with E-state index in [9.17, 15) is 0 Å². The van der Waals surface area contributed by atoms with Crippen LogP contribution in [0.5, 0.6) is 11.5 Å². The van der Waals surface area contributed by atoms with Crippen LogP contribution in [0.1, 0.15) is 25.3 Å². The standard InChI is InChI=1S/C15H20ClNO2/c1-11(8-16)10-19-15-7-12(3-6-14(15)18-2)9-17-13-4-5-13/h3,6-8,13,17H,4-5,9-10H2,1-2H3/b11-8+. The molecule has 0 saturated heterocycles. The molecule has 2 rings (SSSR count). The fourth-order valence-electron chi connectivity index (χ4n) is 1.72. The maximum absolute atomic E-state index is 5.74. The van der Waals surface area contributed by atoms with Crippen molar-refractivity contribution in [3.8, 4) is 11.5 Å². The molecule has 0 unspecified atom stereocenters. The number of hydrogen-bond acceptors (Lipinski definition) is 3. The maximum Gasteiger partial charge on any atom is 0.161 e. The molecule has 1 aromatic carbocycles. The summed E-state index contributed by atoms with van der Waals surface area (Å²) in [6, 6.07) is 6.73. The minimum atomic E-state index is 0.472. The highest BCUT2D eigenvalue weighted by molar-refractivity contribution is 6.25. The van der Waals surface area contributed by atoms with Crippen LogP contribution in [0, 0.1) is 0 Å². The first-order valence-corrected chi connectivity index (χ1v) is 6.95. The summed E-state index contributed by atoms with van der Waals surface area (Å²) in [4.78, 5) is 0. The van der Waals surface area contributed by atoms with Crippen LogP contribution in [-0.4, -0.2) is 19.8 Å². The van der Waals surface area contributed by atoms with Crippen molar-refractivity contribution in [1.82, 2.24) is 5.32 Å². The van der Waals surface area contributed by atoms with E-state index in [2.05, 4.69) is 11.4 Å². The molecule has 0 aromatic heterocycles. The Morgan fingerprint density at radius 1 is 1.42 bits per heavy atom. The van der Waals surface area contributed by atoms with Crippen molar-refractivity contribution < 1.29 is 9.47 Å². The Bertz CT molecular complexity index is 455. The number of benzene rings is 1. The van der Waals surface area contributed by atoms with Crippen molar-refractivity contribution in [3.63, 3.8) is 0 Å². The maximum atomic E-state index is 5.74. The predicted molar refractivity (Wildman–Crippen MR) is 78.0 cm³/mol. The summed E-state index contributed by atoms with van der Waals surface area (Å²) >= 11 is 5.63. The van der Waals surface area contributed by atoms with Crippen molar-refractivity contribution in [1.29, 1.82) is 0 Å². The molecule has 104 valence electrons. The molecule has 0 amide bonds. The zero-order valence-corrected chi connectivity index (χ0v) is 12.2. The molecule has 0 bridgehead atoms. The van der Waals surface area contributed by atoms with Gasteiger partial charge in [0.15, 0.2) is 11.5 Å². The molecule has 19 heavy (non-hydrogen) atoms. The topological polar surface area (TPSA) is 30.5 Å². The summed E-state index contributed by atoms with van der Waals surface area (Å²) in [6.07, 6.45) is 2.58. The Balaban J connectivity index is 2.01. The SMILES string of the molecule is COc1ccc(CNC2CC2)cc1OC/C(C)=C/Cl. The Labute approximate surface area is 119 Å². The van der Waals surface area contributed by atoms with Gasteiger partial charge in [-0.15, -0.1) is 0 Å². The normalized spacial score (nSPS) is 15.4. The molecule has 0 radical (unpaired) electrons. The number of nitrogens with one attached hydrogen (secondary N) is 1. The molecule has 1 saturated carbocycles. The van der Waals surface area contributed by atoms with E-state index in [0.29, 0.717) is 12.6 Å². The van der Waals surface area contributed by atoms with Crippen LogP contribution in [0.4, 0.5) is 0 Å².